The lowest BCUT2D eigenvalue weighted by Gasteiger charge is -2.09. The lowest BCUT2D eigenvalue weighted by Crippen LogP contribution is -2.16. The number of rotatable bonds is 4. The number of hydrogen-bond acceptors (Lipinski definition) is 2. The second kappa shape index (κ2) is 6.16. The molecule has 2 aromatic rings. The lowest BCUT2D eigenvalue weighted by atomic mass is 10.1. The van der Waals surface area contributed by atoms with Gasteiger partial charge in [0.25, 0.3) is 5.91 Å². The molecule has 0 saturated heterocycles. The molecule has 2 amide bonds. The third-order valence-corrected chi connectivity index (χ3v) is 3.53. The largest absolute Gasteiger partial charge is 0.326 e. The van der Waals surface area contributed by atoms with Crippen molar-refractivity contribution in [2.75, 3.05) is 10.6 Å². The normalized spacial score (nSPS) is 13.5. The molecule has 0 bridgehead atoms. The molecule has 4 nitrogen and oxygen atoms in total. The molecule has 0 spiro atoms. The number of anilines is 2. The Kier molecular flexibility index (Phi) is 4.06. The fourth-order valence-electron chi connectivity index (χ4n) is 2.17. The predicted octanol–water partition coefficient (Wildman–Crippen LogP) is 3.57. The number of carbonyl (C=O) groups excluding carboxylic acids is 2. The first-order chi connectivity index (χ1) is 11.0. The topological polar surface area (TPSA) is 58.2 Å². The van der Waals surface area contributed by atoms with Gasteiger partial charge in [-0.25, -0.2) is 8.78 Å². The summed E-state index contributed by atoms with van der Waals surface area (Å²) in [7, 11) is 0. The molecule has 0 unspecified atom stereocenters. The quantitative estimate of drug-likeness (QED) is 0.906. The third-order valence-electron chi connectivity index (χ3n) is 3.53. The van der Waals surface area contributed by atoms with E-state index in [1.165, 1.54) is 12.1 Å². The van der Waals surface area contributed by atoms with Gasteiger partial charge in [0.15, 0.2) is 0 Å². The Bertz CT molecular complexity index is 753. The van der Waals surface area contributed by atoms with Crippen LogP contribution in [0.2, 0.25) is 0 Å². The Morgan fingerprint density at radius 2 is 1.48 bits per heavy atom. The number of amides is 2. The molecule has 0 aromatic heterocycles. The van der Waals surface area contributed by atoms with Gasteiger partial charge in [0, 0.05) is 17.3 Å². The molecule has 1 saturated carbocycles. The Morgan fingerprint density at radius 3 is 2.09 bits per heavy atom. The minimum absolute atomic E-state index is 0.0563. The van der Waals surface area contributed by atoms with Crippen molar-refractivity contribution in [1.82, 2.24) is 0 Å². The number of hydrogen-bond donors (Lipinski definition) is 2. The van der Waals surface area contributed by atoms with Gasteiger partial charge in [-0.2, -0.15) is 0 Å². The van der Waals surface area contributed by atoms with Gasteiger partial charge < -0.3 is 10.6 Å². The number of nitrogens with one attached hydrogen (secondary N) is 2. The van der Waals surface area contributed by atoms with Crippen LogP contribution >= 0.6 is 0 Å². The van der Waals surface area contributed by atoms with Crippen molar-refractivity contribution in [1.29, 1.82) is 0 Å². The molecule has 0 heterocycles. The van der Waals surface area contributed by atoms with Crippen LogP contribution in [0.1, 0.15) is 23.2 Å². The third kappa shape index (κ3) is 3.53. The van der Waals surface area contributed by atoms with Gasteiger partial charge in [-0.3, -0.25) is 9.59 Å². The molecule has 2 aromatic carbocycles. The van der Waals surface area contributed by atoms with Gasteiger partial charge in [0.1, 0.15) is 17.2 Å². The molecular weight excluding hydrogens is 302 g/mol. The molecule has 6 heteroatoms. The maximum atomic E-state index is 13.6. The first-order valence-corrected chi connectivity index (χ1v) is 7.21. The summed E-state index contributed by atoms with van der Waals surface area (Å²) in [5, 5.41) is 5.17. The van der Waals surface area contributed by atoms with E-state index in [9.17, 15) is 18.4 Å². The van der Waals surface area contributed by atoms with Crippen molar-refractivity contribution in [2.24, 2.45) is 5.92 Å². The Morgan fingerprint density at radius 1 is 0.913 bits per heavy atom. The number of halogens is 2. The molecule has 23 heavy (non-hydrogen) atoms. The van der Waals surface area contributed by atoms with Gasteiger partial charge >= 0.3 is 0 Å². The number of benzene rings is 2. The summed E-state index contributed by atoms with van der Waals surface area (Å²) < 4.78 is 27.2. The number of carbonyl (C=O) groups is 2. The van der Waals surface area contributed by atoms with Crippen LogP contribution in [0.4, 0.5) is 20.2 Å². The van der Waals surface area contributed by atoms with Crippen molar-refractivity contribution in [3.05, 3.63) is 59.7 Å². The van der Waals surface area contributed by atoms with Crippen LogP contribution < -0.4 is 10.6 Å². The zero-order chi connectivity index (χ0) is 16.4. The Balaban J connectivity index is 1.74. The highest BCUT2D eigenvalue weighted by molar-refractivity contribution is 6.05. The van der Waals surface area contributed by atoms with Crippen LogP contribution in [0, 0.1) is 17.6 Å². The monoisotopic (exact) mass is 316 g/mol. The van der Waals surface area contributed by atoms with Crippen molar-refractivity contribution >= 4 is 23.2 Å². The second-order valence-corrected chi connectivity index (χ2v) is 5.40. The highest BCUT2D eigenvalue weighted by Gasteiger charge is 2.29. The summed E-state index contributed by atoms with van der Waals surface area (Å²) in [5.74, 6) is -2.75. The van der Waals surface area contributed by atoms with E-state index in [0.29, 0.717) is 11.4 Å². The fraction of sp³-hybridized carbons (Fsp3) is 0.176. The minimum atomic E-state index is -0.930. The maximum absolute atomic E-state index is 13.6. The van der Waals surface area contributed by atoms with E-state index in [0.717, 1.165) is 25.0 Å². The Labute approximate surface area is 131 Å². The van der Waals surface area contributed by atoms with Crippen molar-refractivity contribution in [2.45, 2.75) is 12.8 Å². The molecule has 118 valence electrons. The van der Waals surface area contributed by atoms with E-state index in [1.54, 1.807) is 18.2 Å². The van der Waals surface area contributed by atoms with E-state index in [2.05, 4.69) is 10.6 Å². The van der Waals surface area contributed by atoms with Gasteiger partial charge in [0.05, 0.1) is 0 Å². The standard InChI is InChI=1S/C17H14F2N2O2/c18-13-5-2-6-14(19)15(13)17(23)21-12-4-1-3-11(9-12)20-16(22)10-7-8-10/h1-6,9-10H,7-8H2,(H,20,22)(H,21,23). The lowest BCUT2D eigenvalue weighted by molar-refractivity contribution is -0.117. The molecule has 3 rings (SSSR count). The summed E-state index contributed by atoms with van der Waals surface area (Å²) in [4.78, 5) is 23.8. The van der Waals surface area contributed by atoms with Crippen LogP contribution in [0.15, 0.2) is 42.5 Å². The molecule has 1 fully saturated rings. The Hall–Kier alpha value is -2.76. The molecular formula is C17H14F2N2O2. The molecule has 1 aliphatic rings. The fourth-order valence-corrected chi connectivity index (χ4v) is 2.17. The van der Waals surface area contributed by atoms with E-state index < -0.39 is 23.1 Å². The average Bonchev–Trinajstić information content (AvgIpc) is 3.32. The van der Waals surface area contributed by atoms with Gasteiger partial charge in [-0.05, 0) is 43.2 Å². The molecule has 0 radical (unpaired) electrons. The first-order valence-electron chi connectivity index (χ1n) is 7.21. The van der Waals surface area contributed by atoms with E-state index in [1.807, 2.05) is 0 Å². The smallest absolute Gasteiger partial charge is 0.261 e. The van der Waals surface area contributed by atoms with E-state index in [-0.39, 0.29) is 11.8 Å². The van der Waals surface area contributed by atoms with Gasteiger partial charge in [-0.1, -0.05) is 12.1 Å². The molecule has 0 atom stereocenters. The zero-order valence-electron chi connectivity index (χ0n) is 12.1. The summed E-state index contributed by atoms with van der Waals surface area (Å²) in [6.45, 7) is 0. The van der Waals surface area contributed by atoms with Crippen LogP contribution in [-0.2, 0) is 4.79 Å². The zero-order valence-corrected chi connectivity index (χ0v) is 12.1. The van der Waals surface area contributed by atoms with Crippen molar-refractivity contribution in [3.8, 4) is 0 Å². The second-order valence-electron chi connectivity index (χ2n) is 5.40. The van der Waals surface area contributed by atoms with Gasteiger partial charge in [-0.15, -0.1) is 0 Å². The summed E-state index contributed by atoms with van der Waals surface area (Å²) in [6, 6.07) is 9.65. The van der Waals surface area contributed by atoms with Crippen molar-refractivity contribution in [3.63, 3.8) is 0 Å². The first kappa shape index (κ1) is 15.1. The van der Waals surface area contributed by atoms with Crippen LogP contribution in [0.3, 0.4) is 0 Å². The van der Waals surface area contributed by atoms with Crippen LogP contribution in [0.5, 0.6) is 0 Å². The maximum Gasteiger partial charge on any atom is 0.261 e. The summed E-state index contributed by atoms with van der Waals surface area (Å²) in [6.07, 6.45) is 1.77. The van der Waals surface area contributed by atoms with E-state index >= 15 is 0 Å². The minimum Gasteiger partial charge on any atom is -0.326 e. The average molecular weight is 316 g/mol. The SMILES string of the molecule is O=C(Nc1cccc(NC(=O)C2CC2)c1)c1c(F)cccc1F. The van der Waals surface area contributed by atoms with Crippen LogP contribution in [-0.4, -0.2) is 11.8 Å². The molecule has 2 N–H and O–H groups in total. The van der Waals surface area contributed by atoms with Crippen LogP contribution in [0.25, 0.3) is 0 Å². The highest BCUT2D eigenvalue weighted by Crippen LogP contribution is 2.30. The summed E-state index contributed by atoms with van der Waals surface area (Å²) in [5.41, 5.74) is 0.222. The van der Waals surface area contributed by atoms with Crippen molar-refractivity contribution < 1.29 is 18.4 Å². The predicted molar refractivity (Wildman–Crippen MR) is 82.1 cm³/mol. The molecule has 1 aliphatic carbocycles. The van der Waals surface area contributed by atoms with E-state index in [4.69, 9.17) is 0 Å². The van der Waals surface area contributed by atoms with Gasteiger partial charge in [0.2, 0.25) is 5.91 Å². The molecule has 0 aliphatic heterocycles. The highest BCUT2D eigenvalue weighted by atomic mass is 19.1. The summed E-state index contributed by atoms with van der Waals surface area (Å²) >= 11 is 0.